The number of carbonyl (C=O) groups is 4. The van der Waals surface area contributed by atoms with Crippen LogP contribution in [0.25, 0.3) is 0 Å². The topological polar surface area (TPSA) is 158 Å². The normalized spacial score (nSPS) is 13.1. The van der Waals surface area contributed by atoms with E-state index in [2.05, 4.69) is 16.0 Å². The Hall–Kier alpha value is -2.99. The van der Waals surface area contributed by atoms with Gasteiger partial charge in [-0.25, -0.2) is 9.59 Å². The van der Waals surface area contributed by atoms with Crippen LogP contribution < -0.4 is 26.4 Å². The lowest BCUT2D eigenvalue weighted by Gasteiger charge is -2.31. The van der Waals surface area contributed by atoms with Gasteiger partial charge in [-0.1, -0.05) is 12.1 Å². The summed E-state index contributed by atoms with van der Waals surface area (Å²) in [5.74, 6) is -0.407. The summed E-state index contributed by atoms with van der Waals surface area (Å²) in [5.41, 5.74) is 6.37. The van der Waals surface area contributed by atoms with Crippen LogP contribution in [0.15, 0.2) is 24.3 Å². The van der Waals surface area contributed by atoms with Crippen LogP contribution in [0.5, 0.6) is 5.75 Å². The van der Waals surface area contributed by atoms with E-state index < -0.39 is 40.4 Å². The van der Waals surface area contributed by atoms with Gasteiger partial charge in [0.1, 0.15) is 24.0 Å². The molecule has 0 radical (unpaired) electrons. The number of rotatable bonds is 13. The molecule has 0 fully saturated rings. The molecule has 11 nitrogen and oxygen atoms in total. The highest BCUT2D eigenvalue weighted by atomic mass is 32.2. The third kappa shape index (κ3) is 12.7. The van der Waals surface area contributed by atoms with Gasteiger partial charge in [-0.3, -0.25) is 9.59 Å². The number of nitrogens with one attached hydrogen (secondary N) is 3. The van der Waals surface area contributed by atoms with E-state index in [1.54, 1.807) is 58.9 Å². The summed E-state index contributed by atoms with van der Waals surface area (Å²) < 4.78 is 14.9. The zero-order chi connectivity index (χ0) is 28.2. The largest absolute Gasteiger partial charge is 0.492 e. The van der Waals surface area contributed by atoms with Crippen LogP contribution in [0.1, 0.15) is 47.1 Å². The maximum Gasteiger partial charge on any atom is 0.407 e. The lowest BCUT2D eigenvalue weighted by molar-refractivity contribution is -0.145. The second kappa shape index (κ2) is 14.7. The zero-order valence-electron chi connectivity index (χ0n) is 22.6. The molecule has 0 bridgehead atoms. The van der Waals surface area contributed by atoms with Crippen molar-refractivity contribution in [2.24, 2.45) is 5.73 Å². The molecule has 5 N–H and O–H groups in total. The van der Waals surface area contributed by atoms with Gasteiger partial charge in [-0.2, -0.15) is 0 Å². The van der Waals surface area contributed by atoms with Crippen molar-refractivity contribution >= 4 is 35.6 Å². The van der Waals surface area contributed by atoms with Crippen molar-refractivity contribution < 1.29 is 33.4 Å². The standard InChI is InChI=1S/C25H40N4O7S/c1-16(30)28-15-37-25(5,6)20(26)21(31)29-19(22(32)34-7)14-17-8-10-18(11-9-17)35-13-12-27-23(33)36-24(2,3)4/h8-11,19-20H,12-15,26H2,1-7H3,(H,27,33)(H,28,30)(H,29,31)/t19-,20+/m0/s1. The van der Waals surface area contributed by atoms with E-state index in [-0.39, 0.29) is 25.5 Å². The average Bonchev–Trinajstić information content (AvgIpc) is 2.79. The lowest BCUT2D eigenvalue weighted by Crippen LogP contribution is -2.56. The Kier molecular flexibility index (Phi) is 12.7. The summed E-state index contributed by atoms with van der Waals surface area (Å²) in [6.07, 6.45) is -0.331. The molecule has 0 aliphatic carbocycles. The van der Waals surface area contributed by atoms with Crippen LogP contribution in [0.3, 0.4) is 0 Å². The summed E-state index contributed by atoms with van der Waals surface area (Å²) in [6.45, 7) is 10.9. The summed E-state index contributed by atoms with van der Waals surface area (Å²) in [5, 5.41) is 7.95. The van der Waals surface area contributed by atoms with Crippen LogP contribution in [-0.4, -0.2) is 72.4 Å². The highest BCUT2D eigenvalue weighted by molar-refractivity contribution is 8.00. The van der Waals surface area contributed by atoms with Gasteiger partial charge in [0.15, 0.2) is 0 Å². The van der Waals surface area contributed by atoms with Crippen molar-refractivity contribution in [3.8, 4) is 5.75 Å². The highest BCUT2D eigenvalue weighted by Gasteiger charge is 2.35. The predicted octanol–water partition coefficient (Wildman–Crippen LogP) is 1.72. The van der Waals surface area contributed by atoms with Crippen molar-refractivity contribution in [1.82, 2.24) is 16.0 Å². The van der Waals surface area contributed by atoms with Gasteiger partial charge in [-0.15, -0.1) is 11.8 Å². The van der Waals surface area contributed by atoms with Crippen molar-refractivity contribution in [2.75, 3.05) is 26.1 Å². The third-order valence-corrected chi connectivity index (χ3v) is 6.29. The van der Waals surface area contributed by atoms with E-state index in [0.29, 0.717) is 11.6 Å². The van der Waals surface area contributed by atoms with Crippen molar-refractivity contribution in [2.45, 2.75) is 70.4 Å². The minimum atomic E-state index is -0.941. The molecule has 0 heterocycles. The summed E-state index contributed by atoms with van der Waals surface area (Å²) in [6, 6.07) is 5.12. The predicted molar refractivity (Wildman–Crippen MR) is 142 cm³/mol. The van der Waals surface area contributed by atoms with E-state index >= 15 is 0 Å². The monoisotopic (exact) mass is 540 g/mol. The molecule has 0 aliphatic rings. The number of esters is 1. The number of hydrogen-bond acceptors (Lipinski definition) is 9. The molecule has 208 valence electrons. The molecule has 0 aliphatic heterocycles. The van der Waals surface area contributed by atoms with E-state index in [4.69, 9.17) is 19.9 Å². The molecule has 2 atom stereocenters. The molecule has 0 spiro atoms. The van der Waals surface area contributed by atoms with Gasteiger partial charge < -0.3 is 35.9 Å². The van der Waals surface area contributed by atoms with Gasteiger partial charge in [0.2, 0.25) is 11.8 Å². The number of methoxy groups -OCH3 is 1. The molecular weight excluding hydrogens is 500 g/mol. The van der Waals surface area contributed by atoms with Crippen LogP contribution in [-0.2, 0) is 30.3 Å². The molecule has 0 saturated carbocycles. The summed E-state index contributed by atoms with van der Waals surface area (Å²) in [7, 11) is 1.25. The van der Waals surface area contributed by atoms with E-state index in [9.17, 15) is 19.2 Å². The third-order valence-electron chi connectivity index (χ3n) is 5.00. The first-order chi connectivity index (χ1) is 17.1. The highest BCUT2D eigenvalue weighted by Crippen LogP contribution is 2.26. The molecule has 37 heavy (non-hydrogen) atoms. The number of carbonyl (C=O) groups excluding carboxylic acids is 4. The fourth-order valence-corrected chi connectivity index (χ4v) is 3.85. The number of benzene rings is 1. The van der Waals surface area contributed by atoms with Gasteiger partial charge in [0.05, 0.1) is 25.6 Å². The number of thioether (sulfide) groups is 1. The van der Waals surface area contributed by atoms with Crippen molar-refractivity contribution in [3.05, 3.63) is 29.8 Å². The molecule has 1 aromatic rings. The first-order valence-electron chi connectivity index (χ1n) is 11.9. The summed E-state index contributed by atoms with van der Waals surface area (Å²) in [4.78, 5) is 47.9. The number of alkyl carbamates (subject to hydrolysis) is 1. The van der Waals surface area contributed by atoms with Crippen molar-refractivity contribution in [3.63, 3.8) is 0 Å². The summed E-state index contributed by atoms with van der Waals surface area (Å²) >= 11 is 1.32. The molecule has 12 heteroatoms. The minimum Gasteiger partial charge on any atom is -0.492 e. The van der Waals surface area contributed by atoms with Gasteiger partial charge in [-0.05, 0) is 52.3 Å². The molecule has 0 unspecified atom stereocenters. The second-order valence-corrected chi connectivity index (χ2v) is 11.4. The molecular formula is C25H40N4O7S. The number of hydrogen-bond donors (Lipinski definition) is 4. The van der Waals surface area contributed by atoms with E-state index in [1.165, 1.54) is 25.8 Å². The van der Waals surface area contributed by atoms with Crippen LogP contribution in [0, 0.1) is 0 Å². The SMILES string of the molecule is COC(=O)[C@H](Cc1ccc(OCCNC(=O)OC(C)(C)C)cc1)NC(=O)[C@@H](N)C(C)(C)SCNC(C)=O. The average molecular weight is 541 g/mol. The Labute approximate surface area is 222 Å². The smallest absolute Gasteiger partial charge is 0.407 e. The molecule has 0 aromatic heterocycles. The lowest BCUT2D eigenvalue weighted by atomic mass is 10.0. The Morgan fingerprint density at radius 3 is 2.19 bits per heavy atom. The maximum atomic E-state index is 12.8. The van der Waals surface area contributed by atoms with Crippen LogP contribution in [0.2, 0.25) is 0 Å². The van der Waals surface area contributed by atoms with Gasteiger partial charge >= 0.3 is 12.1 Å². The number of ether oxygens (including phenoxy) is 3. The zero-order valence-corrected chi connectivity index (χ0v) is 23.5. The second-order valence-electron chi connectivity index (χ2n) is 9.81. The first kappa shape index (κ1) is 32.0. The van der Waals surface area contributed by atoms with Crippen LogP contribution >= 0.6 is 11.8 Å². The quantitative estimate of drug-likeness (QED) is 0.166. The minimum absolute atomic E-state index is 0.180. The van der Waals surface area contributed by atoms with Gasteiger partial charge in [0.25, 0.3) is 0 Å². The Morgan fingerprint density at radius 2 is 1.65 bits per heavy atom. The first-order valence-corrected chi connectivity index (χ1v) is 12.8. The van der Waals surface area contributed by atoms with Gasteiger partial charge in [0, 0.05) is 18.1 Å². The Morgan fingerprint density at radius 1 is 1.03 bits per heavy atom. The molecule has 0 saturated heterocycles. The van der Waals surface area contributed by atoms with E-state index in [1.807, 2.05) is 0 Å². The number of amides is 3. The Bertz CT molecular complexity index is 917. The van der Waals surface area contributed by atoms with Crippen LogP contribution in [0.4, 0.5) is 4.79 Å². The van der Waals surface area contributed by atoms with E-state index in [0.717, 1.165) is 5.56 Å². The number of nitrogens with two attached hydrogens (primary N) is 1. The Balaban J connectivity index is 2.66. The van der Waals surface area contributed by atoms with Crippen molar-refractivity contribution in [1.29, 1.82) is 0 Å². The fraction of sp³-hybridized carbons (Fsp3) is 0.600. The molecule has 3 amide bonds. The molecule has 1 rings (SSSR count). The maximum absolute atomic E-state index is 12.8. The fourth-order valence-electron chi connectivity index (χ4n) is 2.92. The molecule has 1 aromatic carbocycles.